The van der Waals surface area contributed by atoms with Gasteiger partial charge in [-0.15, -0.1) is 0 Å². The Labute approximate surface area is 115 Å². The fourth-order valence-corrected chi connectivity index (χ4v) is 0.819. The number of pyridine rings is 1. The minimum Gasteiger partial charge on any atom is -0.449 e. The Hall–Kier alpha value is 0.571. The summed E-state index contributed by atoms with van der Waals surface area (Å²) in [5.41, 5.74) is -0.350. The quantitative estimate of drug-likeness (QED) is 0.464. The van der Waals surface area contributed by atoms with Gasteiger partial charge in [-0.1, -0.05) is 6.32 Å². The van der Waals surface area contributed by atoms with Crippen LogP contribution in [0.5, 0.6) is 0 Å². The Morgan fingerprint density at radius 3 is 2.38 bits per heavy atom. The second-order valence-electron chi connectivity index (χ2n) is 2.38. The Balaban J connectivity index is 0.00000144. The van der Waals surface area contributed by atoms with Crippen LogP contribution in [0.3, 0.4) is 0 Å². The molecule has 1 nitrogen and oxygen atoms in total. The third kappa shape index (κ3) is 5.12. The van der Waals surface area contributed by atoms with Crippen LogP contribution in [0.15, 0.2) is 18.5 Å². The van der Waals surface area contributed by atoms with Crippen LogP contribution in [0, 0.1) is 5.82 Å². The van der Waals surface area contributed by atoms with Crippen LogP contribution in [-0.4, -0.2) is 12.0 Å². The third-order valence-electron chi connectivity index (χ3n) is 1.31. The molecule has 0 radical (unpaired) electrons. The molecule has 0 aliphatic heterocycles. The summed E-state index contributed by atoms with van der Waals surface area (Å²) < 4.78 is 48.0. The zero-order chi connectivity index (χ0) is 9.19. The summed E-state index contributed by atoms with van der Waals surface area (Å²) in [5.74, 6) is -0.906. The monoisotopic (exact) mass is 217 g/mol. The van der Waals surface area contributed by atoms with Gasteiger partial charge in [-0.05, 0) is 11.6 Å². The summed E-state index contributed by atoms with van der Waals surface area (Å²) in [4.78, 5) is 3.34. The van der Waals surface area contributed by atoms with Gasteiger partial charge in [0, 0.05) is 6.20 Å². The van der Waals surface area contributed by atoms with Gasteiger partial charge >= 0.3 is 58.4 Å². The van der Waals surface area contributed by atoms with Gasteiger partial charge in [0.2, 0.25) is 0 Å². The van der Waals surface area contributed by atoms with Crippen molar-refractivity contribution in [3.63, 3.8) is 0 Å². The van der Waals surface area contributed by atoms with Crippen molar-refractivity contribution < 1.29 is 68.7 Å². The van der Waals surface area contributed by atoms with E-state index in [1.54, 1.807) is 0 Å². The zero-order valence-electron chi connectivity index (χ0n) is 6.98. The molecule has 0 aromatic carbocycles. The van der Waals surface area contributed by atoms with Crippen LogP contribution < -0.4 is 51.4 Å². The van der Waals surface area contributed by atoms with Gasteiger partial charge in [-0.2, -0.15) is 0 Å². The van der Waals surface area contributed by atoms with Gasteiger partial charge in [0.05, 0.1) is 6.20 Å². The van der Waals surface area contributed by atoms with Crippen LogP contribution in [0.4, 0.5) is 17.3 Å². The molecule has 0 N–H and O–H groups in total. The number of hydrogen-bond acceptors (Lipinski definition) is 1. The van der Waals surface area contributed by atoms with Gasteiger partial charge in [0.25, 0.3) is 0 Å². The fourth-order valence-electron chi connectivity index (χ4n) is 0.819. The van der Waals surface area contributed by atoms with Crippen molar-refractivity contribution in [1.29, 1.82) is 0 Å². The molecule has 1 aromatic heterocycles. The molecule has 0 unspecified atom stereocenters. The number of aromatic nitrogens is 1. The molecular weight excluding hydrogens is 212 g/mol. The minimum absolute atomic E-state index is 0. The topological polar surface area (TPSA) is 12.9 Å². The van der Waals surface area contributed by atoms with Crippen LogP contribution in [0.25, 0.3) is 0 Å². The molecule has 0 aliphatic rings. The molecule has 1 rings (SSSR count). The molecule has 0 amide bonds. The van der Waals surface area contributed by atoms with Gasteiger partial charge in [-0.25, -0.2) is 4.39 Å². The van der Waals surface area contributed by atoms with E-state index >= 15 is 0 Å². The molecule has 0 fully saturated rings. The van der Waals surface area contributed by atoms with Crippen molar-refractivity contribution in [2.75, 3.05) is 0 Å². The predicted molar refractivity (Wildman–Crippen MR) is 37.0 cm³/mol. The number of hydrogen-bond donors (Lipinski definition) is 0. The Morgan fingerprint density at radius 2 is 1.92 bits per heavy atom. The van der Waals surface area contributed by atoms with Crippen molar-refractivity contribution in [3.05, 3.63) is 29.8 Å². The fraction of sp³-hybridized carbons (Fsp3) is 0.167. The van der Waals surface area contributed by atoms with Crippen LogP contribution >= 0.6 is 0 Å². The van der Waals surface area contributed by atoms with Crippen molar-refractivity contribution in [2.24, 2.45) is 0 Å². The first-order valence-electron chi connectivity index (χ1n) is 3.28. The standard InChI is InChI=1S/C6H5BF4N.K/c8-6-4-12-2-1-5(6)3-7(9,10)11;/h1-2,4H,3H2;/q-1;+1. The predicted octanol–water partition coefficient (Wildman–Crippen LogP) is -0.846. The largest absolute Gasteiger partial charge is 1.00 e. The first-order chi connectivity index (χ1) is 5.49. The molecule has 0 aliphatic carbocycles. The Bertz CT molecular complexity index is 278. The first-order valence-corrected chi connectivity index (χ1v) is 3.28. The van der Waals surface area contributed by atoms with Crippen molar-refractivity contribution in [3.8, 4) is 0 Å². The molecule has 1 heterocycles. The average Bonchev–Trinajstić information content (AvgIpc) is 1.91. The maximum absolute atomic E-state index is 12.6. The summed E-state index contributed by atoms with van der Waals surface area (Å²) in [7, 11) is 0. The zero-order valence-corrected chi connectivity index (χ0v) is 10.1. The normalized spacial score (nSPS) is 10.8. The molecule has 7 heteroatoms. The Kier molecular flexibility index (Phi) is 5.69. The van der Waals surface area contributed by atoms with E-state index in [9.17, 15) is 17.3 Å². The molecule has 1 aromatic rings. The second kappa shape index (κ2) is 5.45. The van der Waals surface area contributed by atoms with Crippen molar-refractivity contribution >= 4 is 6.98 Å². The van der Waals surface area contributed by atoms with E-state index in [1.807, 2.05) is 0 Å². The Morgan fingerprint density at radius 1 is 1.31 bits per heavy atom. The number of halogens is 4. The first kappa shape index (κ1) is 13.6. The SMILES string of the molecule is Fc1cnccc1C[B-](F)(F)F.[K+]. The summed E-state index contributed by atoms with van der Waals surface area (Å²) in [6.45, 7) is -4.97. The summed E-state index contributed by atoms with van der Waals surface area (Å²) in [6, 6.07) is 1.03. The second-order valence-corrected chi connectivity index (χ2v) is 2.38. The van der Waals surface area contributed by atoms with Gasteiger partial charge in [0.15, 0.2) is 0 Å². The van der Waals surface area contributed by atoms with E-state index in [-0.39, 0.29) is 56.9 Å². The smallest absolute Gasteiger partial charge is 0.449 e. The van der Waals surface area contributed by atoms with Crippen LogP contribution in [-0.2, 0) is 6.32 Å². The van der Waals surface area contributed by atoms with E-state index in [0.29, 0.717) is 0 Å². The maximum Gasteiger partial charge on any atom is 1.00 e. The van der Waals surface area contributed by atoms with Gasteiger partial charge in [-0.3, -0.25) is 4.98 Å². The van der Waals surface area contributed by atoms with E-state index < -0.39 is 19.1 Å². The van der Waals surface area contributed by atoms with Crippen LogP contribution in [0.2, 0.25) is 0 Å². The van der Waals surface area contributed by atoms with Crippen molar-refractivity contribution in [1.82, 2.24) is 4.98 Å². The molecule has 0 spiro atoms. The van der Waals surface area contributed by atoms with E-state index in [0.717, 1.165) is 18.5 Å². The van der Waals surface area contributed by atoms with Gasteiger partial charge < -0.3 is 12.9 Å². The average molecular weight is 217 g/mol. The molecule has 66 valence electrons. The van der Waals surface area contributed by atoms with E-state index in [2.05, 4.69) is 4.98 Å². The summed E-state index contributed by atoms with van der Waals surface area (Å²) in [6.07, 6.45) is 0.728. The molecule has 0 saturated carbocycles. The third-order valence-corrected chi connectivity index (χ3v) is 1.31. The summed E-state index contributed by atoms with van der Waals surface area (Å²) >= 11 is 0. The van der Waals surface area contributed by atoms with E-state index in [4.69, 9.17) is 0 Å². The molecule has 0 bridgehead atoms. The molecule has 0 atom stereocenters. The summed E-state index contributed by atoms with van der Waals surface area (Å²) in [5, 5.41) is 0. The molecule has 13 heavy (non-hydrogen) atoms. The maximum atomic E-state index is 12.6. The van der Waals surface area contributed by atoms with Crippen LogP contribution in [0.1, 0.15) is 5.56 Å². The number of nitrogens with zero attached hydrogens (tertiary/aromatic N) is 1. The number of rotatable bonds is 2. The van der Waals surface area contributed by atoms with E-state index in [1.165, 1.54) is 0 Å². The molecule has 0 saturated heterocycles. The molecular formula is C6H5BF4KN. The van der Waals surface area contributed by atoms with Crippen molar-refractivity contribution in [2.45, 2.75) is 6.32 Å². The van der Waals surface area contributed by atoms with Gasteiger partial charge in [0.1, 0.15) is 5.82 Å². The minimum atomic E-state index is -4.97.